The average molecular weight is 185 g/mol. The summed E-state index contributed by atoms with van der Waals surface area (Å²) in [6, 6.07) is 8.72. The molecular weight excluding hydrogens is 170 g/mol. The molecule has 0 unspecified atom stereocenters. The Labute approximate surface area is 85.4 Å². The summed E-state index contributed by atoms with van der Waals surface area (Å²) < 4.78 is 0. The molecule has 0 saturated heterocycles. The summed E-state index contributed by atoms with van der Waals surface area (Å²) in [7, 11) is 0. The average Bonchev–Trinajstić information content (AvgIpc) is 2.23. The summed E-state index contributed by atoms with van der Waals surface area (Å²) in [5.74, 6) is 0. The Morgan fingerprint density at radius 1 is 1.14 bits per heavy atom. The number of aryl methyl sites for hydroxylation is 1. The lowest BCUT2D eigenvalue weighted by atomic mass is 10.1. The van der Waals surface area contributed by atoms with Gasteiger partial charge in [-0.05, 0) is 24.8 Å². The van der Waals surface area contributed by atoms with Crippen LogP contribution in [0.1, 0.15) is 11.1 Å². The standard InChI is InChI=1S/C13H15N/c1-12-5-7-13(8-6-12)11-14-9-3-2-4-10-14/h2-9H,10-11H2,1H3. The Kier molecular flexibility index (Phi) is 2.68. The second-order valence-electron chi connectivity index (χ2n) is 3.68. The third-order valence-electron chi connectivity index (χ3n) is 2.39. The van der Waals surface area contributed by atoms with E-state index in [-0.39, 0.29) is 0 Å². The number of rotatable bonds is 2. The Morgan fingerprint density at radius 3 is 2.57 bits per heavy atom. The monoisotopic (exact) mass is 185 g/mol. The first-order valence-corrected chi connectivity index (χ1v) is 4.97. The first-order chi connectivity index (χ1) is 6.84. The van der Waals surface area contributed by atoms with Crippen molar-refractivity contribution in [3.8, 4) is 0 Å². The van der Waals surface area contributed by atoms with E-state index in [1.165, 1.54) is 11.1 Å². The van der Waals surface area contributed by atoms with Crippen LogP contribution < -0.4 is 0 Å². The highest BCUT2D eigenvalue weighted by Gasteiger charge is 2.00. The van der Waals surface area contributed by atoms with Gasteiger partial charge in [-0.25, -0.2) is 0 Å². The molecular formula is C13H15N. The summed E-state index contributed by atoms with van der Waals surface area (Å²) in [6.07, 6.45) is 8.48. The van der Waals surface area contributed by atoms with Crippen LogP contribution in [0.15, 0.2) is 48.7 Å². The molecule has 0 N–H and O–H groups in total. The molecule has 0 spiro atoms. The van der Waals surface area contributed by atoms with Crippen molar-refractivity contribution >= 4 is 0 Å². The smallest absolute Gasteiger partial charge is 0.0427 e. The summed E-state index contributed by atoms with van der Waals surface area (Å²) in [5, 5.41) is 0. The highest BCUT2D eigenvalue weighted by molar-refractivity contribution is 5.22. The van der Waals surface area contributed by atoms with Crippen molar-refractivity contribution in [3.05, 3.63) is 59.8 Å². The number of benzene rings is 1. The van der Waals surface area contributed by atoms with Crippen LogP contribution in [-0.4, -0.2) is 11.4 Å². The quantitative estimate of drug-likeness (QED) is 0.684. The molecule has 0 radical (unpaired) electrons. The fourth-order valence-corrected chi connectivity index (χ4v) is 1.55. The first kappa shape index (κ1) is 9.07. The summed E-state index contributed by atoms with van der Waals surface area (Å²) in [4.78, 5) is 2.30. The van der Waals surface area contributed by atoms with Gasteiger partial charge in [0.15, 0.2) is 0 Å². The predicted molar refractivity (Wildman–Crippen MR) is 59.9 cm³/mol. The second-order valence-corrected chi connectivity index (χ2v) is 3.68. The molecule has 1 heterocycles. The second kappa shape index (κ2) is 4.14. The maximum atomic E-state index is 2.30. The van der Waals surface area contributed by atoms with Gasteiger partial charge in [0.1, 0.15) is 0 Å². The Hall–Kier alpha value is -1.50. The van der Waals surface area contributed by atoms with Gasteiger partial charge in [0.2, 0.25) is 0 Å². The van der Waals surface area contributed by atoms with E-state index in [0.717, 1.165) is 13.1 Å². The van der Waals surface area contributed by atoms with Crippen LogP contribution in [-0.2, 0) is 6.54 Å². The maximum Gasteiger partial charge on any atom is 0.0427 e. The molecule has 0 aliphatic carbocycles. The highest BCUT2D eigenvalue weighted by Crippen LogP contribution is 2.08. The van der Waals surface area contributed by atoms with Gasteiger partial charge in [0.25, 0.3) is 0 Å². The van der Waals surface area contributed by atoms with Crippen LogP contribution in [0.2, 0.25) is 0 Å². The molecule has 1 aromatic rings. The third kappa shape index (κ3) is 2.25. The van der Waals surface area contributed by atoms with Gasteiger partial charge in [0, 0.05) is 13.1 Å². The van der Waals surface area contributed by atoms with Crippen LogP contribution in [0.3, 0.4) is 0 Å². The lowest BCUT2D eigenvalue weighted by molar-refractivity contribution is 0.405. The normalized spacial score (nSPS) is 14.8. The lowest BCUT2D eigenvalue weighted by Gasteiger charge is -2.20. The van der Waals surface area contributed by atoms with Crippen molar-refractivity contribution in [2.75, 3.05) is 6.54 Å². The van der Waals surface area contributed by atoms with Crippen molar-refractivity contribution in [1.82, 2.24) is 4.90 Å². The van der Waals surface area contributed by atoms with Crippen molar-refractivity contribution in [2.45, 2.75) is 13.5 Å². The van der Waals surface area contributed by atoms with Gasteiger partial charge in [0.05, 0.1) is 0 Å². The van der Waals surface area contributed by atoms with Gasteiger partial charge < -0.3 is 4.90 Å². The Morgan fingerprint density at radius 2 is 1.93 bits per heavy atom. The van der Waals surface area contributed by atoms with E-state index in [9.17, 15) is 0 Å². The minimum absolute atomic E-state index is 1.00. The fourth-order valence-electron chi connectivity index (χ4n) is 1.55. The number of nitrogens with zero attached hydrogens (tertiary/aromatic N) is 1. The SMILES string of the molecule is Cc1ccc(CN2C=CC=CC2)cc1. The van der Waals surface area contributed by atoms with Crippen LogP contribution in [0.4, 0.5) is 0 Å². The largest absolute Gasteiger partial charge is 0.369 e. The molecule has 0 fully saturated rings. The number of hydrogen-bond donors (Lipinski definition) is 0. The van der Waals surface area contributed by atoms with E-state index in [0.29, 0.717) is 0 Å². The molecule has 1 nitrogen and oxygen atoms in total. The molecule has 1 aliphatic rings. The number of hydrogen-bond acceptors (Lipinski definition) is 1. The van der Waals surface area contributed by atoms with Crippen LogP contribution in [0.5, 0.6) is 0 Å². The van der Waals surface area contributed by atoms with E-state index >= 15 is 0 Å². The Balaban J connectivity index is 2.00. The summed E-state index contributed by atoms with van der Waals surface area (Å²) in [6.45, 7) is 4.14. The summed E-state index contributed by atoms with van der Waals surface area (Å²) >= 11 is 0. The van der Waals surface area contributed by atoms with E-state index in [1.54, 1.807) is 0 Å². The van der Waals surface area contributed by atoms with Gasteiger partial charge in [-0.3, -0.25) is 0 Å². The van der Waals surface area contributed by atoms with Crippen molar-refractivity contribution in [1.29, 1.82) is 0 Å². The van der Waals surface area contributed by atoms with E-state index in [4.69, 9.17) is 0 Å². The molecule has 1 aliphatic heterocycles. The zero-order chi connectivity index (χ0) is 9.80. The molecule has 0 aromatic heterocycles. The maximum absolute atomic E-state index is 2.30. The van der Waals surface area contributed by atoms with Crippen molar-refractivity contribution in [2.24, 2.45) is 0 Å². The van der Waals surface area contributed by atoms with Crippen molar-refractivity contribution < 1.29 is 0 Å². The first-order valence-electron chi connectivity index (χ1n) is 4.97. The zero-order valence-corrected chi connectivity index (χ0v) is 8.48. The van der Waals surface area contributed by atoms with Gasteiger partial charge in [-0.1, -0.05) is 42.0 Å². The molecule has 0 amide bonds. The molecule has 0 saturated carbocycles. The zero-order valence-electron chi connectivity index (χ0n) is 8.48. The molecule has 14 heavy (non-hydrogen) atoms. The van der Waals surface area contributed by atoms with Crippen LogP contribution >= 0.6 is 0 Å². The minimum atomic E-state index is 1.00. The molecule has 1 aromatic carbocycles. The Bertz CT molecular complexity index is 346. The van der Waals surface area contributed by atoms with Gasteiger partial charge >= 0.3 is 0 Å². The van der Waals surface area contributed by atoms with Crippen molar-refractivity contribution in [3.63, 3.8) is 0 Å². The molecule has 1 heteroatoms. The van der Waals surface area contributed by atoms with Crippen LogP contribution in [0.25, 0.3) is 0 Å². The highest BCUT2D eigenvalue weighted by atomic mass is 15.1. The van der Waals surface area contributed by atoms with Gasteiger partial charge in [-0.2, -0.15) is 0 Å². The third-order valence-corrected chi connectivity index (χ3v) is 2.39. The molecule has 0 atom stereocenters. The van der Waals surface area contributed by atoms with E-state index in [2.05, 4.69) is 60.5 Å². The summed E-state index contributed by atoms with van der Waals surface area (Å²) in [5.41, 5.74) is 2.69. The lowest BCUT2D eigenvalue weighted by Crippen LogP contribution is -2.17. The molecule has 0 bridgehead atoms. The number of allylic oxidation sites excluding steroid dienone is 2. The van der Waals surface area contributed by atoms with Gasteiger partial charge in [-0.15, -0.1) is 0 Å². The predicted octanol–water partition coefficient (Wildman–Crippen LogP) is 2.88. The topological polar surface area (TPSA) is 3.24 Å². The molecule has 72 valence electrons. The van der Waals surface area contributed by atoms with E-state index in [1.807, 2.05) is 0 Å². The fraction of sp³-hybridized carbons (Fsp3) is 0.231. The van der Waals surface area contributed by atoms with Crippen LogP contribution in [0, 0.1) is 6.92 Å². The minimum Gasteiger partial charge on any atom is -0.369 e. The van der Waals surface area contributed by atoms with E-state index < -0.39 is 0 Å². The molecule has 2 rings (SSSR count).